The van der Waals surface area contributed by atoms with E-state index in [0.717, 1.165) is 12.0 Å². The van der Waals surface area contributed by atoms with Crippen LogP contribution >= 0.6 is 11.6 Å². The third-order valence-corrected chi connectivity index (χ3v) is 2.67. The molecule has 0 heterocycles. The molecule has 0 fully saturated rings. The predicted molar refractivity (Wildman–Crippen MR) is 62.0 cm³/mol. The minimum atomic E-state index is 0.0799. The van der Waals surface area contributed by atoms with E-state index in [1.165, 1.54) is 0 Å². The summed E-state index contributed by atoms with van der Waals surface area (Å²) in [5.74, 6) is 0.687. The highest BCUT2D eigenvalue weighted by Gasteiger charge is 2.13. The van der Waals surface area contributed by atoms with Gasteiger partial charge in [-0.15, -0.1) is 0 Å². The van der Waals surface area contributed by atoms with Crippen LogP contribution in [0.4, 0.5) is 0 Å². The van der Waals surface area contributed by atoms with Crippen molar-refractivity contribution in [1.82, 2.24) is 0 Å². The van der Waals surface area contributed by atoms with Crippen molar-refractivity contribution in [2.24, 2.45) is 0 Å². The molecule has 15 heavy (non-hydrogen) atoms. The Morgan fingerprint density at radius 2 is 2.13 bits per heavy atom. The van der Waals surface area contributed by atoms with Crippen LogP contribution in [0.25, 0.3) is 0 Å². The fourth-order valence-corrected chi connectivity index (χ4v) is 1.57. The van der Waals surface area contributed by atoms with E-state index in [2.05, 4.69) is 0 Å². The number of halogens is 1. The molecule has 0 aromatic heterocycles. The van der Waals surface area contributed by atoms with Gasteiger partial charge >= 0.3 is 0 Å². The van der Waals surface area contributed by atoms with Crippen molar-refractivity contribution in [1.29, 1.82) is 0 Å². The van der Waals surface area contributed by atoms with Gasteiger partial charge in [-0.1, -0.05) is 18.5 Å². The number of ketones is 1. The zero-order valence-corrected chi connectivity index (χ0v) is 10.0. The van der Waals surface area contributed by atoms with E-state index in [0.29, 0.717) is 22.8 Å². The molecule has 1 aromatic carbocycles. The molecule has 0 bridgehead atoms. The molecule has 0 unspecified atom stereocenters. The monoisotopic (exact) mass is 226 g/mol. The molecule has 1 aromatic rings. The number of carbonyl (C=O) groups is 1. The van der Waals surface area contributed by atoms with E-state index < -0.39 is 0 Å². The predicted octanol–water partition coefficient (Wildman–Crippen LogP) is 3.64. The van der Waals surface area contributed by atoms with Crippen LogP contribution in [-0.2, 0) is 0 Å². The second kappa shape index (κ2) is 5.17. The third-order valence-electron chi connectivity index (χ3n) is 2.26. The molecule has 0 aliphatic rings. The van der Waals surface area contributed by atoms with Gasteiger partial charge in [0.25, 0.3) is 0 Å². The van der Waals surface area contributed by atoms with Crippen molar-refractivity contribution in [3.63, 3.8) is 0 Å². The van der Waals surface area contributed by atoms with Crippen molar-refractivity contribution in [2.75, 3.05) is 7.11 Å². The fourth-order valence-electron chi connectivity index (χ4n) is 1.40. The van der Waals surface area contributed by atoms with E-state index in [4.69, 9.17) is 16.3 Å². The lowest BCUT2D eigenvalue weighted by Gasteiger charge is -2.09. The van der Waals surface area contributed by atoms with Gasteiger partial charge in [-0.05, 0) is 31.0 Å². The van der Waals surface area contributed by atoms with Gasteiger partial charge in [0.2, 0.25) is 0 Å². The zero-order chi connectivity index (χ0) is 11.4. The fraction of sp³-hybridized carbons (Fsp3) is 0.417. The SMILES string of the molecule is CCCC(=O)c1cc(Cl)c(C)cc1OC. The van der Waals surface area contributed by atoms with Gasteiger partial charge in [-0.3, -0.25) is 4.79 Å². The standard InChI is InChI=1S/C12H15ClO2/c1-4-5-11(14)9-7-10(13)8(2)6-12(9)15-3/h6-7H,4-5H2,1-3H3. The van der Waals surface area contributed by atoms with Crippen LogP contribution in [0.15, 0.2) is 12.1 Å². The molecule has 0 amide bonds. The van der Waals surface area contributed by atoms with Crippen LogP contribution < -0.4 is 4.74 Å². The number of hydrogen-bond acceptors (Lipinski definition) is 2. The largest absolute Gasteiger partial charge is 0.496 e. The summed E-state index contributed by atoms with van der Waals surface area (Å²) in [6, 6.07) is 3.49. The molecule has 0 aliphatic carbocycles. The number of hydrogen-bond donors (Lipinski definition) is 0. The summed E-state index contributed by atoms with van der Waals surface area (Å²) in [6.45, 7) is 3.86. The second-order valence-corrected chi connectivity index (χ2v) is 3.88. The van der Waals surface area contributed by atoms with E-state index >= 15 is 0 Å². The molecule has 2 nitrogen and oxygen atoms in total. The molecule has 3 heteroatoms. The Kier molecular flexibility index (Phi) is 4.15. The average Bonchev–Trinajstić information content (AvgIpc) is 2.21. The van der Waals surface area contributed by atoms with Gasteiger partial charge in [-0.2, -0.15) is 0 Å². The number of aryl methyl sites for hydroxylation is 1. The van der Waals surface area contributed by atoms with Gasteiger partial charge in [0.1, 0.15) is 5.75 Å². The van der Waals surface area contributed by atoms with Gasteiger partial charge in [0, 0.05) is 11.4 Å². The van der Waals surface area contributed by atoms with Crippen LogP contribution in [-0.4, -0.2) is 12.9 Å². The van der Waals surface area contributed by atoms with Crippen molar-refractivity contribution < 1.29 is 9.53 Å². The van der Waals surface area contributed by atoms with Crippen LogP contribution in [0.5, 0.6) is 5.75 Å². The second-order valence-electron chi connectivity index (χ2n) is 3.47. The Bertz CT molecular complexity index is 372. The first-order valence-corrected chi connectivity index (χ1v) is 5.35. The van der Waals surface area contributed by atoms with Gasteiger partial charge < -0.3 is 4.74 Å². The quantitative estimate of drug-likeness (QED) is 0.733. The smallest absolute Gasteiger partial charge is 0.166 e. The topological polar surface area (TPSA) is 26.3 Å². The summed E-state index contributed by atoms with van der Waals surface area (Å²) in [5.41, 5.74) is 1.50. The van der Waals surface area contributed by atoms with Crippen molar-refractivity contribution >= 4 is 17.4 Å². The zero-order valence-electron chi connectivity index (χ0n) is 9.26. The highest BCUT2D eigenvalue weighted by Crippen LogP contribution is 2.27. The van der Waals surface area contributed by atoms with Gasteiger partial charge in [0.05, 0.1) is 12.7 Å². The number of methoxy groups -OCH3 is 1. The molecule has 0 aliphatic heterocycles. The lowest BCUT2D eigenvalue weighted by Crippen LogP contribution is -2.02. The summed E-state index contributed by atoms with van der Waals surface area (Å²) >= 11 is 5.98. The van der Waals surface area contributed by atoms with Crippen molar-refractivity contribution in [2.45, 2.75) is 26.7 Å². The molecule has 0 N–H and O–H groups in total. The normalized spacial score (nSPS) is 10.1. The molecular formula is C12H15ClO2. The van der Waals surface area contributed by atoms with Crippen LogP contribution in [0.1, 0.15) is 35.7 Å². The van der Waals surface area contributed by atoms with Gasteiger partial charge in [-0.25, -0.2) is 0 Å². The summed E-state index contributed by atoms with van der Waals surface area (Å²) < 4.78 is 5.17. The first kappa shape index (κ1) is 12.1. The van der Waals surface area contributed by atoms with Crippen molar-refractivity contribution in [3.8, 4) is 5.75 Å². The lowest BCUT2D eigenvalue weighted by atomic mass is 10.0. The maximum absolute atomic E-state index is 11.7. The Morgan fingerprint density at radius 1 is 1.47 bits per heavy atom. The number of Topliss-reactive ketones (excluding diaryl/α,β-unsaturated/α-hetero) is 1. The molecular weight excluding hydrogens is 212 g/mol. The van der Waals surface area contributed by atoms with Crippen LogP contribution in [0.2, 0.25) is 5.02 Å². The number of carbonyl (C=O) groups excluding carboxylic acids is 1. The van der Waals surface area contributed by atoms with E-state index in [9.17, 15) is 4.79 Å². The van der Waals surface area contributed by atoms with Crippen LogP contribution in [0, 0.1) is 6.92 Å². The third kappa shape index (κ3) is 2.72. The Hall–Kier alpha value is -1.02. The Morgan fingerprint density at radius 3 is 2.67 bits per heavy atom. The van der Waals surface area contributed by atoms with Crippen LogP contribution in [0.3, 0.4) is 0 Å². The molecule has 0 saturated carbocycles. The van der Waals surface area contributed by atoms with Crippen molar-refractivity contribution in [3.05, 3.63) is 28.3 Å². The molecule has 0 saturated heterocycles. The summed E-state index contributed by atoms with van der Waals surface area (Å²) in [6.07, 6.45) is 1.35. The van der Waals surface area contributed by atoms with E-state index in [1.54, 1.807) is 19.2 Å². The van der Waals surface area contributed by atoms with E-state index in [-0.39, 0.29) is 5.78 Å². The lowest BCUT2D eigenvalue weighted by molar-refractivity contribution is 0.0979. The summed E-state index contributed by atoms with van der Waals surface area (Å²) in [4.78, 5) is 11.7. The molecule has 1 rings (SSSR count). The maximum atomic E-state index is 11.7. The average molecular weight is 227 g/mol. The molecule has 0 atom stereocenters. The molecule has 82 valence electrons. The summed E-state index contributed by atoms with van der Waals surface area (Å²) in [5, 5.41) is 0.607. The minimum Gasteiger partial charge on any atom is -0.496 e. The van der Waals surface area contributed by atoms with E-state index in [1.807, 2.05) is 13.8 Å². The Balaban J connectivity index is 3.15. The first-order valence-electron chi connectivity index (χ1n) is 4.97. The minimum absolute atomic E-state index is 0.0799. The first-order chi connectivity index (χ1) is 7.10. The summed E-state index contributed by atoms with van der Waals surface area (Å²) in [7, 11) is 1.56. The number of ether oxygens (including phenoxy) is 1. The number of benzene rings is 1. The van der Waals surface area contributed by atoms with Gasteiger partial charge in [0.15, 0.2) is 5.78 Å². The highest BCUT2D eigenvalue weighted by molar-refractivity contribution is 6.31. The maximum Gasteiger partial charge on any atom is 0.166 e. The molecule has 0 radical (unpaired) electrons. The Labute approximate surface area is 95.2 Å². The number of rotatable bonds is 4. The highest BCUT2D eigenvalue weighted by atomic mass is 35.5. The molecule has 0 spiro atoms.